The fourth-order valence-electron chi connectivity index (χ4n) is 5.21. The summed E-state index contributed by atoms with van der Waals surface area (Å²) in [7, 11) is 0. The molecule has 1 aromatic rings. The Morgan fingerprint density at radius 3 is 2.20 bits per heavy atom. The van der Waals surface area contributed by atoms with Crippen LogP contribution in [0.2, 0.25) is 0 Å². The number of allylic oxidation sites excluding steroid dienone is 2. The van der Waals surface area contributed by atoms with Crippen LogP contribution in [0.25, 0.3) is 0 Å². The van der Waals surface area contributed by atoms with Crippen molar-refractivity contribution in [1.82, 2.24) is 15.5 Å². The van der Waals surface area contributed by atoms with Gasteiger partial charge < -0.3 is 26.4 Å². The van der Waals surface area contributed by atoms with Crippen LogP contribution in [-0.4, -0.2) is 66.1 Å². The maximum absolute atomic E-state index is 14.1. The first-order valence-corrected chi connectivity index (χ1v) is 14.5. The third-order valence-electron chi connectivity index (χ3n) is 7.40. The number of primary amides is 1. The molecule has 0 saturated heterocycles. The third-order valence-corrected chi connectivity index (χ3v) is 7.40. The molecular formula is C31H46F2N4O4. The lowest BCUT2D eigenvalue weighted by molar-refractivity contribution is -0.132. The van der Waals surface area contributed by atoms with Gasteiger partial charge in [0.05, 0.1) is 17.6 Å². The molecule has 0 aliphatic heterocycles. The monoisotopic (exact) mass is 576 g/mol. The second kappa shape index (κ2) is 15.8. The number of carbonyl (C=O) groups excluding carboxylic acids is 3. The maximum atomic E-state index is 14.1. The molecule has 5 N–H and O–H groups in total. The minimum atomic E-state index is -1.53. The van der Waals surface area contributed by atoms with Gasteiger partial charge in [-0.2, -0.15) is 0 Å². The average Bonchev–Trinajstić information content (AvgIpc) is 2.91. The highest BCUT2D eigenvalue weighted by molar-refractivity contribution is 5.96. The fourth-order valence-corrected chi connectivity index (χ4v) is 5.21. The zero-order valence-electron chi connectivity index (χ0n) is 24.9. The Kier molecular flexibility index (Phi) is 13.1. The van der Waals surface area contributed by atoms with Crippen LogP contribution in [0.4, 0.5) is 8.78 Å². The summed E-state index contributed by atoms with van der Waals surface area (Å²) in [6, 6.07) is 2.38. The van der Waals surface area contributed by atoms with Gasteiger partial charge in [0.1, 0.15) is 11.6 Å². The molecule has 1 aliphatic carbocycles. The van der Waals surface area contributed by atoms with Crippen LogP contribution < -0.4 is 16.4 Å². The molecule has 4 atom stereocenters. The third kappa shape index (κ3) is 9.46. The van der Waals surface area contributed by atoms with Crippen LogP contribution in [0.1, 0.15) is 59.4 Å². The van der Waals surface area contributed by atoms with Crippen LogP contribution in [0.3, 0.4) is 0 Å². The number of hydrogen-bond donors (Lipinski definition) is 4. The van der Waals surface area contributed by atoms with Crippen LogP contribution >= 0.6 is 0 Å². The molecule has 0 saturated carbocycles. The molecule has 1 aliphatic rings. The van der Waals surface area contributed by atoms with E-state index < -0.39 is 41.0 Å². The van der Waals surface area contributed by atoms with Crippen molar-refractivity contribution in [2.75, 3.05) is 26.2 Å². The molecular weight excluding hydrogens is 530 g/mol. The van der Waals surface area contributed by atoms with E-state index in [2.05, 4.69) is 10.6 Å². The van der Waals surface area contributed by atoms with Gasteiger partial charge in [-0.25, -0.2) is 8.78 Å². The zero-order chi connectivity index (χ0) is 30.7. The molecule has 3 amide bonds. The van der Waals surface area contributed by atoms with Crippen molar-refractivity contribution in [3.05, 3.63) is 59.2 Å². The van der Waals surface area contributed by atoms with Crippen molar-refractivity contribution in [2.24, 2.45) is 23.0 Å². The van der Waals surface area contributed by atoms with E-state index in [9.17, 15) is 28.3 Å². The van der Waals surface area contributed by atoms with E-state index in [4.69, 9.17) is 5.73 Å². The number of hydrogen-bond acceptors (Lipinski definition) is 5. The van der Waals surface area contributed by atoms with Gasteiger partial charge in [-0.05, 0) is 56.2 Å². The number of carbonyl (C=O) groups is 3. The van der Waals surface area contributed by atoms with E-state index in [0.29, 0.717) is 25.2 Å². The molecule has 0 radical (unpaired) electrons. The number of benzene rings is 1. The van der Waals surface area contributed by atoms with E-state index in [1.165, 1.54) is 0 Å². The lowest BCUT2D eigenvalue weighted by Gasteiger charge is -2.41. The van der Waals surface area contributed by atoms with Gasteiger partial charge in [0.25, 0.3) is 0 Å². The van der Waals surface area contributed by atoms with Crippen molar-refractivity contribution in [2.45, 2.75) is 72.4 Å². The van der Waals surface area contributed by atoms with Crippen molar-refractivity contribution in [1.29, 1.82) is 0 Å². The quantitative estimate of drug-likeness (QED) is 0.241. The number of nitrogens with zero attached hydrogens (tertiary/aromatic N) is 1. The van der Waals surface area contributed by atoms with Crippen molar-refractivity contribution >= 4 is 17.7 Å². The van der Waals surface area contributed by atoms with E-state index in [1.54, 1.807) is 30.1 Å². The summed E-state index contributed by atoms with van der Waals surface area (Å²) in [5.41, 5.74) is 5.06. The number of aliphatic hydroxyl groups excluding tert-OH is 1. The topological polar surface area (TPSA) is 125 Å². The Hall–Kier alpha value is -3.11. The summed E-state index contributed by atoms with van der Waals surface area (Å²) < 4.78 is 28.3. The van der Waals surface area contributed by atoms with Gasteiger partial charge in [-0.3, -0.25) is 14.4 Å². The standard InChI is InChI=1S/C31H46F2N4O4/c1-6-11-37(12-7-2)29(40)23-9-8-10-31(17-23,30(34)41)26(15-22-13-24(32)16-25(33)14-22)27(38)19-35-21(5)28(39)36-18-20(3)4/h8-10,13-14,16,20-21,26-27,35,38H,6-7,11-12,15,17-19H2,1-5H3,(H2,34,41)(H,36,39)/t21?,26-,27+,31?/m1/s1. The predicted octanol–water partition coefficient (Wildman–Crippen LogP) is 3.24. The first-order valence-electron chi connectivity index (χ1n) is 14.5. The van der Waals surface area contributed by atoms with E-state index in [0.717, 1.165) is 31.0 Å². The van der Waals surface area contributed by atoms with Gasteiger partial charge in [0.15, 0.2) is 0 Å². The number of nitrogens with one attached hydrogen (secondary N) is 2. The number of rotatable bonds is 16. The maximum Gasteiger partial charge on any atom is 0.249 e. The lowest BCUT2D eigenvalue weighted by Crippen LogP contribution is -2.53. The highest BCUT2D eigenvalue weighted by Crippen LogP contribution is 2.43. The summed E-state index contributed by atoms with van der Waals surface area (Å²) in [4.78, 5) is 40.9. The first kappa shape index (κ1) is 34.1. The fraction of sp³-hybridized carbons (Fsp3) is 0.581. The minimum Gasteiger partial charge on any atom is -0.391 e. The highest BCUT2D eigenvalue weighted by Gasteiger charge is 2.48. The predicted molar refractivity (Wildman–Crippen MR) is 156 cm³/mol. The van der Waals surface area contributed by atoms with E-state index >= 15 is 0 Å². The number of amides is 3. The Morgan fingerprint density at radius 1 is 1.05 bits per heavy atom. The second-order valence-corrected chi connectivity index (χ2v) is 11.3. The minimum absolute atomic E-state index is 0.0778. The van der Waals surface area contributed by atoms with Crippen molar-refractivity contribution < 1.29 is 28.3 Å². The van der Waals surface area contributed by atoms with Crippen LogP contribution in [0.15, 0.2) is 42.0 Å². The van der Waals surface area contributed by atoms with Crippen molar-refractivity contribution in [3.8, 4) is 0 Å². The average molecular weight is 577 g/mol. The summed E-state index contributed by atoms with van der Waals surface area (Å²) in [5.74, 6) is -3.54. The molecule has 10 heteroatoms. The zero-order valence-corrected chi connectivity index (χ0v) is 24.9. The molecule has 0 fully saturated rings. The number of aliphatic hydroxyl groups is 1. The SMILES string of the molecule is CCCN(CCC)C(=O)C1=CC=CC(C(N)=O)([C@H](Cc2cc(F)cc(F)c2)[C@@H](O)CNC(C)C(=O)NCC(C)C)C1. The molecule has 0 bridgehead atoms. The number of nitrogens with two attached hydrogens (primary N) is 1. The Bertz CT molecular complexity index is 1100. The summed E-state index contributed by atoms with van der Waals surface area (Å²) >= 11 is 0. The Labute approximate surface area is 242 Å². The number of halogens is 2. The van der Waals surface area contributed by atoms with Gasteiger partial charge in [0.2, 0.25) is 17.7 Å². The van der Waals surface area contributed by atoms with Gasteiger partial charge in [-0.1, -0.05) is 45.9 Å². The molecule has 0 heterocycles. The van der Waals surface area contributed by atoms with E-state index in [-0.39, 0.29) is 42.7 Å². The second-order valence-electron chi connectivity index (χ2n) is 11.3. The molecule has 228 valence electrons. The molecule has 0 aromatic heterocycles. The van der Waals surface area contributed by atoms with Gasteiger partial charge in [0, 0.05) is 43.7 Å². The highest BCUT2D eigenvalue weighted by atomic mass is 19.1. The van der Waals surface area contributed by atoms with Crippen LogP contribution in [-0.2, 0) is 20.8 Å². The Balaban J connectivity index is 2.42. The summed E-state index contributed by atoms with van der Waals surface area (Å²) in [6.45, 7) is 11.0. The largest absolute Gasteiger partial charge is 0.391 e. The molecule has 41 heavy (non-hydrogen) atoms. The van der Waals surface area contributed by atoms with Crippen molar-refractivity contribution in [3.63, 3.8) is 0 Å². The lowest BCUT2D eigenvalue weighted by atomic mass is 9.64. The van der Waals surface area contributed by atoms with Gasteiger partial charge in [-0.15, -0.1) is 0 Å². The van der Waals surface area contributed by atoms with Crippen LogP contribution in [0, 0.1) is 28.9 Å². The smallest absolute Gasteiger partial charge is 0.249 e. The Morgan fingerprint density at radius 2 is 1.66 bits per heavy atom. The molecule has 1 aromatic carbocycles. The summed E-state index contributed by atoms with van der Waals surface area (Å²) in [6.07, 6.45) is 4.87. The molecule has 2 unspecified atom stereocenters. The van der Waals surface area contributed by atoms with E-state index in [1.807, 2.05) is 27.7 Å². The van der Waals surface area contributed by atoms with Crippen LogP contribution in [0.5, 0.6) is 0 Å². The molecule has 0 spiro atoms. The van der Waals surface area contributed by atoms with Gasteiger partial charge >= 0.3 is 0 Å². The normalized spacial score (nSPS) is 18.9. The molecule has 2 rings (SSSR count). The summed E-state index contributed by atoms with van der Waals surface area (Å²) in [5, 5.41) is 17.3. The first-order chi connectivity index (χ1) is 19.3. The molecule has 8 nitrogen and oxygen atoms in total.